The van der Waals surface area contributed by atoms with Gasteiger partial charge in [0.05, 0.1) is 6.54 Å². The van der Waals surface area contributed by atoms with Gasteiger partial charge in [-0.2, -0.15) is 11.3 Å². The van der Waals surface area contributed by atoms with Crippen LogP contribution in [0.5, 0.6) is 0 Å². The molecule has 110 valence electrons. The minimum absolute atomic E-state index is 0.617. The van der Waals surface area contributed by atoms with E-state index < -0.39 is 0 Å². The average Bonchev–Trinajstić information content (AvgIpc) is 2.99. The van der Waals surface area contributed by atoms with E-state index in [1.54, 1.807) is 11.3 Å². The van der Waals surface area contributed by atoms with Crippen LogP contribution in [0.3, 0.4) is 0 Å². The highest BCUT2D eigenvalue weighted by atomic mass is 32.1. The number of nitrogens with zero attached hydrogens (tertiary/aromatic N) is 1. The summed E-state index contributed by atoms with van der Waals surface area (Å²) in [5, 5.41) is 11.0. The molecule has 1 atom stereocenters. The fourth-order valence-corrected chi connectivity index (χ4v) is 3.32. The Balaban J connectivity index is 1.55. The van der Waals surface area contributed by atoms with Crippen LogP contribution in [0.1, 0.15) is 29.5 Å². The first-order valence-electron chi connectivity index (χ1n) is 7.48. The Morgan fingerprint density at radius 3 is 2.95 bits per heavy atom. The van der Waals surface area contributed by atoms with Crippen molar-refractivity contribution in [2.45, 2.75) is 25.8 Å². The molecule has 1 aliphatic rings. The van der Waals surface area contributed by atoms with Crippen LogP contribution in [0.15, 0.2) is 46.1 Å². The van der Waals surface area contributed by atoms with Gasteiger partial charge >= 0.3 is 0 Å². The van der Waals surface area contributed by atoms with Crippen molar-refractivity contribution in [3.8, 4) is 0 Å². The van der Waals surface area contributed by atoms with Crippen LogP contribution in [-0.2, 0) is 13.0 Å². The highest BCUT2D eigenvalue weighted by Gasteiger charge is 2.25. The second kappa shape index (κ2) is 6.76. The third-order valence-electron chi connectivity index (χ3n) is 3.82. The van der Waals surface area contributed by atoms with E-state index in [-0.39, 0.29) is 0 Å². The first kappa shape index (κ1) is 14.1. The van der Waals surface area contributed by atoms with Crippen molar-refractivity contribution in [2.24, 2.45) is 4.99 Å². The largest absolute Gasteiger partial charge is 0.357 e. The van der Waals surface area contributed by atoms with Gasteiger partial charge in [0.15, 0.2) is 5.96 Å². The number of hydrogen-bond donors (Lipinski definition) is 2. The van der Waals surface area contributed by atoms with Crippen molar-refractivity contribution in [1.82, 2.24) is 10.6 Å². The molecule has 0 radical (unpaired) electrons. The number of thiophene rings is 1. The normalized spacial score (nSPS) is 17.0. The lowest BCUT2D eigenvalue weighted by Gasteiger charge is -2.30. The van der Waals surface area contributed by atoms with Gasteiger partial charge in [0.2, 0.25) is 0 Å². The molecule has 0 amide bonds. The molecular formula is C17H21N3S. The van der Waals surface area contributed by atoms with Gasteiger partial charge in [-0.15, -0.1) is 0 Å². The molecule has 1 aliphatic carbocycles. The third-order valence-corrected chi connectivity index (χ3v) is 4.55. The molecule has 0 saturated heterocycles. The van der Waals surface area contributed by atoms with E-state index in [1.807, 2.05) is 0 Å². The molecular weight excluding hydrogens is 278 g/mol. The van der Waals surface area contributed by atoms with E-state index >= 15 is 0 Å². The monoisotopic (exact) mass is 299 g/mol. The van der Waals surface area contributed by atoms with Crippen molar-refractivity contribution in [2.75, 3.05) is 13.1 Å². The first-order valence-corrected chi connectivity index (χ1v) is 8.42. The zero-order valence-electron chi connectivity index (χ0n) is 12.3. The second-order valence-corrected chi connectivity index (χ2v) is 6.09. The SMILES string of the molecule is CCNC(=NCc1ccsc1)NCC1Cc2ccccc21. The van der Waals surface area contributed by atoms with Gasteiger partial charge < -0.3 is 10.6 Å². The van der Waals surface area contributed by atoms with Gasteiger partial charge in [0.1, 0.15) is 0 Å². The van der Waals surface area contributed by atoms with E-state index in [0.29, 0.717) is 5.92 Å². The molecule has 3 nitrogen and oxygen atoms in total. The number of nitrogens with one attached hydrogen (secondary N) is 2. The van der Waals surface area contributed by atoms with E-state index in [9.17, 15) is 0 Å². The van der Waals surface area contributed by atoms with Gasteiger partial charge in [-0.25, -0.2) is 4.99 Å². The number of fused-ring (bicyclic) bond motifs is 1. The average molecular weight is 299 g/mol. The molecule has 0 fully saturated rings. The summed E-state index contributed by atoms with van der Waals surface area (Å²) in [5.41, 5.74) is 4.24. The Morgan fingerprint density at radius 1 is 1.29 bits per heavy atom. The molecule has 0 aliphatic heterocycles. The summed E-state index contributed by atoms with van der Waals surface area (Å²) in [7, 11) is 0. The maximum absolute atomic E-state index is 4.64. The fraction of sp³-hybridized carbons (Fsp3) is 0.353. The summed E-state index contributed by atoms with van der Waals surface area (Å²) in [4.78, 5) is 4.64. The van der Waals surface area contributed by atoms with Crippen molar-refractivity contribution in [1.29, 1.82) is 0 Å². The Bertz CT molecular complexity index is 604. The lowest BCUT2D eigenvalue weighted by molar-refractivity contribution is 0.584. The van der Waals surface area contributed by atoms with Crippen LogP contribution in [-0.4, -0.2) is 19.0 Å². The number of hydrogen-bond acceptors (Lipinski definition) is 2. The Labute approximate surface area is 130 Å². The van der Waals surface area contributed by atoms with E-state index in [0.717, 1.165) is 25.6 Å². The zero-order chi connectivity index (χ0) is 14.5. The molecule has 2 aromatic rings. The molecule has 1 unspecified atom stereocenters. The van der Waals surface area contributed by atoms with Gasteiger partial charge in [0, 0.05) is 19.0 Å². The predicted molar refractivity (Wildman–Crippen MR) is 90.0 cm³/mol. The number of guanidine groups is 1. The van der Waals surface area contributed by atoms with Crippen LogP contribution in [0, 0.1) is 0 Å². The summed E-state index contributed by atoms with van der Waals surface area (Å²) in [6, 6.07) is 10.8. The van der Waals surface area contributed by atoms with E-state index in [4.69, 9.17) is 0 Å². The topological polar surface area (TPSA) is 36.4 Å². The van der Waals surface area contributed by atoms with Crippen molar-refractivity contribution in [3.05, 3.63) is 57.8 Å². The Morgan fingerprint density at radius 2 is 2.19 bits per heavy atom. The first-order chi connectivity index (χ1) is 10.4. The quantitative estimate of drug-likeness (QED) is 0.657. The smallest absolute Gasteiger partial charge is 0.191 e. The van der Waals surface area contributed by atoms with Crippen molar-refractivity contribution in [3.63, 3.8) is 0 Å². The summed E-state index contributed by atoms with van der Waals surface area (Å²) in [5.74, 6) is 1.53. The summed E-state index contributed by atoms with van der Waals surface area (Å²) in [6.45, 7) is 4.67. The maximum Gasteiger partial charge on any atom is 0.191 e. The van der Waals surface area contributed by atoms with Crippen molar-refractivity contribution >= 4 is 17.3 Å². The minimum atomic E-state index is 0.617. The molecule has 0 spiro atoms. The summed E-state index contributed by atoms with van der Waals surface area (Å²) < 4.78 is 0. The highest BCUT2D eigenvalue weighted by molar-refractivity contribution is 7.07. The van der Waals surface area contributed by atoms with Gasteiger partial charge in [0.25, 0.3) is 0 Å². The molecule has 1 heterocycles. The molecule has 1 aromatic carbocycles. The molecule has 0 saturated carbocycles. The minimum Gasteiger partial charge on any atom is -0.357 e. The van der Waals surface area contributed by atoms with E-state index in [1.165, 1.54) is 23.1 Å². The highest BCUT2D eigenvalue weighted by Crippen LogP contribution is 2.33. The second-order valence-electron chi connectivity index (χ2n) is 5.31. The van der Waals surface area contributed by atoms with Crippen LogP contribution in [0.25, 0.3) is 0 Å². The van der Waals surface area contributed by atoms with E-state index in [2.05, 4.69) is 63.6 Å². The number of rotatable bonds is 5. The van der Waals surface area contributed by atoms with Crippen molar-refractivity contribution < 1.29 is 0 Å². The lowest BCUT2D eigenvalue weighted by Crippen LogP contribution is -2.41. The van der Waals surface area contributed by atoms with Crippen LogP contribution >= 0.6 is 11.3 Å². The molecule has 4 heteroatoms. The molecule has 3 rings (SSSR count). The standard InChI is InChI=1S/C17H21N3S/c1-2-18-17(19-10-13-7-8-21-12-13)20-11-15-9-14-5-3-4-6-16(14)15/h3-8,12,15H,2,9-11H2,1H3,(H2,18,19,20). The molecule has 2 N–H and O–H groups in total. The molecule has 21 heavy (non-hydrogen) atoms. The van der Waals surface area contributed by atoms with Crippen LogP contribution in [0.2, 0.25) is 0 Å². The molecule has 0 bridgehead atoms. The molecule has 1 aromatic heterocycles. The summed E-state index contributed by atoms with van der Waals surface area (Å²) >= 11 is 1.72. The Kier molecular flexibility index (Phi) is 4.55. The van der Waals surface area contributed by atoms with Gasteiger partial charge in [-0.3, -0.25) is 0 Å². The zero-order valence-corrected chi connectivity index (χ0v) is 13.1. The number of aliphatic imine (C=N–C) groups is 1. The number of benzene rings is 1. The van der Waals surface area contributed by atoms with Crippen LogP contribution in [0.4, 0.5) is 0 Å². The van der Waals surface area contributed by atoms with Gasteiger partial charge in [-0.05, 0) is 46.9 Å². The maximum atomic E-state index is 4.64. The third kappa shape index (κ3) is 3.45. The summed E-state index contributed by atoms with van der Waals surface area (Å²) in [6.07, 6.45) is 1.17. The lowest BCUT2D eigenvalue weighted by atomic mass is 9.78. The fourth-order valence-electron chi connectivity index (χ4n) is 2.66. The van der Waals surface area contributed by atoms with Crippen LogP contribution < -0.4 is 10.6 Å². The predicted octanol–water partition coefficient (Wildman–Crippen LogP) is 3.14. The Hall–Kier alpha value is -1.81. The van der Waals surface area contributed by atoms with Gasteiger partial charge in [-0.1, -0.05) is 24.3 Å².